The number of hydrogen-bond donors (Lipinski definition) is 1. The summed E-state index contributed by atoms with van der Waals surface area (Å²) in [7, 11) is -4.04. The molecule has 0 aliphatic heterocycles. The molecule has 1 heterocycles. The van der Waals surface area contributed by atoms with Gasteiger partial charge in [-0.15, -0.1) is 0 Å². The number of halogens is 4. The van der Waals surface area contributed by atoms with Crippen molar-refractivity contribution in [1.29, 1.82) is 0 Å². The van der Waals surface area contributed by atoms with E-state index < -0.39 is 26.6 Å². The molecule has 0 radical (unpaired) electrons. The van der Waals surface area contributed by atoms with Crippen molar-refractivity contribution in [2.75, 3.05) is 4.72 Å². The number of sulfonamides is 1. The van der Waals surface area contributed by atoms with E-state index in [4.69, 9.17) is 11.6 Å². The van der Waals surface area contributed by atoms with Crippen molar-refractivity contribution in [3.63, 3.8) is 0 Å². The van der Waals surface area contributed by atoms with Crippen LogP contribution in [0.15, 0.2) is 39.8 Å². The highest BCUT2D eigenvalue weighted by Crippen LogP contribution is 2.24. The Morgan fingerprint density at radius 3 is 2.50 bits per heavy atom. The summed E-state index contributed by atoms with van der Waals surface area (Å²) in [4.78, 5) is 3.35. The molecule has 0 saturated heterocycles. The molecule has 0 amide bonds. The van der Waals surface area contributed by atoms with Crippen molar-refractivity contribution in [2.24, 2.45) is 0 Å². The Labute approximate surface area is 127 Å². The van der Waals surface area contributed by atoms with E-state index in [9.17, 15) is 17.2 Å². The molecule has 1 N–H and O–H groups in total. The van der Waals surface area contributed by atoms with Gasteiger partial charge in [-0.25, -0.2) is 22.2 Å². The summed E-state index contributed by atoms with van der Waals surface area (Å²) in [6.07, 6.45) is 1.20. The molecule has 106 valence electrons. The second-order valence-corrected chi connectivity index (χ2v) is 6.57. The van der Waals surface area contributed by atoms with Crippen LogP contribution < -0.4 is 4.72 Å². The third-order valence-electron chi connectivity index (χ3n) is 2.25. The van der Waals surface area contributed by atoms with Gasteiger partial charge in [0.1, 0.15) is 5.15 Å². The maximum atomic E-state index is 13.1. The van der Waals surface area contributed by atoms with E-state index in [1.807, 2.05) is 0 Å². The molecule has 0 aliphatic rings. The normalized spacial score (nSPS) is 11.4. The molecule has 0 atom stereocenters. The van der Waals surface area contributed by atoms with E-state index in [1.165, 1.54) is 12.3 Å². The van der Waals surface area contributed by atoms with Crippen LogP contribution in [-0.4, -0.2) is 13.4 Å². The van der Waals surface area contributed by atoms with Gasteiger partial charge in [-0.2, -0.15) is 0 Å². The number of nitrogens with one attached hydrogen (secondary N) is 1. The Morgan fingerprint density at radius 2 is 1.90 bits per heavy atom. The van der Waals surface area contributed by atoms with Gasteiger partial charge in [-0.1, -0.05) is 11.6 Å². The number of anilines is 1. The van der Waals surface area contributed by atoms with Crippen molar-refractivity contribution in [3.8, 4) is 0 Å². The molecule has 1 aromatic carbocycles. The maximum Gasteiger partial charge on any atom is 0.262 e. The Balaban J connectivity index is 2.35. The first-order valence-electron chi connectivity index (χ1n) is 5.08. The van der Waals surface area contributed by atoms with E-state index in [-0.39, 0.29) is 10.8 Å². The lowest BCUT2D eigenvalue weighted by Crippen LogP contribution is -2.13. The summed E-state index contributed by atoms with van der Waals surface area (Å²) in [6.45, 7) is 0. The lowest BCUT2D eigenvalue weighted by atomic mass is 10.3. The van der Waals surface area contributed by atoms with Gasteiger partial charge in [0, 0.05) is 0 Å². The first-order chi connectivity index (χ1) is 9.29. The second-order valence-electron chi connectivity index (χ2n) is 3.68. The molecule has 2 aromatic rings. The summed E-state index contributed by atoms with van der Waals surface area (Å²) < 4.78 is 52.4. The molecule has 4 nitrogen and oxygen atoms in total. The number of rotatable bonds is 3. The maximum absolute atomic E-state index is 13.1. The fourth-order valence-corrected chi connectivity index (χ4v) is 2.83. The Kier molecular flexibility index (Phi) is 4.26. The lowest BCUT2D eigenvalue weighted by Gasteiger charge is -2.08. The number of benzene rings is 1. The zero-order valence-electron chi connectivity index (χ0n) is 9.57. The summed E-state index contributed by atoms with van der Waals surface area (Å²) in [6, 6.07) is 3.68. The van der Waals surface area contributed by atoms with Crippen LogP contribution in [-0.2, 0) is 10.0 Å². The summed E-state index contributed by atoms with van der Waals surface area (Å²) >= 11 is 8.77. The predicted octanol–water partition coefficient (Wildman–Crippen LogP) is 3.58. The first kappa shape index (κ1) is 15.1. The van der Waals surface area contributed by atoms with E-state index in [2.05, 4.69) is 25.6 Å². The summed E-state index contributed by atoms with van der Waals surface area (Å²) in [5.74, 6) is -2.37. The Hall–Kier alpha value is -1.25. The largest absolute Gasteiger partial charge is 0.278 e. The zero-order chi connectivity index (χ0) is 14.9. The van der Waals surface area contributed by atoms with Gasteiger partial charge in [-0.3, -0.25) is 4.72 Å². The highest BCUT2D eigenvalue weighted by molar-refractivity contribution is 9.10. The Bertz CT molecular complexity index is 771. The molecule has 0 saturated carbocycles. The van der Waals surface area contributed by atoms with Crippen LogP contribution in [0.4, 0.5) is 14.5 Å². The molecule has 0 spiro atoms. The second kappa shape index (κ2) is 5.63. The lowest BCUT2D eigenvalue weighted by molar-refractivity contribution is 0.504. The van der Waals surface area contributed by atoms with E-state index in [0.717, 1.165) is 12.1 Å². The average molecular weight is 384 g/mol. The average Bonchev–Trinajstić information content (AvgIpc) is 2.37. The molecular formula is C11H6BrClF2N2O2S. The minimum Gasteiger partial charge on any atom is -0.278 e. The van der Waals surface area contributed by atoms with Gasteiger partial charge in [0.2, 0.25) is 0 Å². The quantitative estimate of drug-likeness (QED) is 0.824. The van der Waals surface area contributed by atoms with Crippen molar-refractivity contribution < 1.29 is 17.2 Å². The fourth-order valence-electron chi connectivity index (χ4n) is 1.34. The smallest absolute Gasteiger partial charge is 0.262 e. The molecule has 2 rings (SSSR count). The van der Waals surface area contributed by atoms with Gasteiger partial charge in [0.05, 0.1) is 21.3 Å². The number of pyridine rings is 1. The Morgan fingerprint density at radius 1 is 1.20 bits per heavy atom. The van der Waals surface area contributed by atoms with Gasteiger partial charge in [0.15, 0.2) is 11.6 Å². The van der Waals surface area contributed by atoms with Crippen LogP contribution in [0, 0.1) is 11.6 Å². The van der Waals surface area contributed by atoms with Crippen LogP contribution in [0.25, 0.3) is 0 Å². The fraction of sp³-hybridized carbons (Fsp3) is 0. The van der Waals surface area contributed by atoms with Gasteiger partial charge in [-0.05, 0) is 40.2 Å². The zero-order valence-corrected chi connectivity index (χ0v) is 12.7. The number of hydrogen-bond acceptors (Lipinski definition) is 3. The molecule has 0 bridgehead atoms. The van der Waals surface area contributed by atoms with Crippen molar-refractivity contribution >= 4 is 43.2 Å². The summed E-state index contributed by atoms with van der Waals surface area (Å²) in [5, 5.41) is 0.167. The van der Waals surface area contributed by atoms with Crippen molar-refractivity contribution in [3.05, 3.63) is 51.7 Å². The molecule has 0 unspecified atom stereocenters. The summed E-state index contributed by atoms with van der Waals surface area (Å²) in [5.41, 5.74) is 0.131. The molecule has 0 aliphatic carbocycles. The van der Waals surface area contributed by atoms with E-state index in [0.29, 0.717) is 10.5 Å². The van der Waals surface area contributed by atoms with Crippen LogP contribution in [0.1, 0.15) is 0 Å². The van der Waals surface area contributed by atoms with Gasteiger partial charge < -0.3 is 0 Å². The van der Waals surface area contributed by atoms with Gasteiger partial charge >= 0.3 is 0 Å². The molecule has 0 fully saturated rings. The van der Waals surface area contributed by atoms with Crippen molar-refractivity contribution in [2.45, 2.75) is 4.90 Å². The highest BCUT2D eigenvalue weighted by atomic mass is 79.9. The van der Waals surface area contributed by atoms with E-state index in [1.54, 1.807) is 0 Å². The first-order valence-corrected chi connectivity index (χ1v) is 7.74. The number of aromatic nitrogens is 1. The predicted molar refractivity (Wildman–Crippen MR) is 74.1 cm³/mol. The third-order valence-corrected chi connectivity index (χ3v) is 4.76. The van der Waals surface area contributed by atoms with Crippen LogP contribution in [0.5, 0.6) is 0 Å². The molecule has 1 aromatic heterocycles. The SMILES string of the molecule is O=S(=O)(Nc1cnc(Cl)c(Br)c1)c1ccc(F)c(F)c1. The number of nitrogens with zero attached hydrogens (tertiary/aromatic N) is 1. The van der Waals surface area contributed by atoms with E-state index >= 15 is 0 Å². The highest BCUT2D eigenvalue weighted by Gasteiger charge is 2.17. The van der Waals surface area contributed by atoms with Gasteiger partial charge in [0.25, 0.3) is 10.0 Å². The molecule has 9 heteroatoms. The minimum absolute atomic E-state index is 0.131. The third kappa shape index (κ3) is 3.25. The standard InChI is InChI=1S/C11H6BrClF2N2O2S/c12-8-3-6(5-16-11(8)13)17-20(18,19)7-1-2-9(14)10(15)4-7/h1-5,17H. The monoisotopic (exact) mass is 382 g/mol. The minimum atomic E-state index is -4.04. The molecular weight excluding hydrogens is 378 g/mol. The van der Waals surface area contributed by atoms with Crippen LogP contribution in [0.2, 0.25) is 5.15 Å². The van der Waals surface area contributed by atoms with Crippen LogP contribution in [0.3, 0.4) is 0 Å². The topological polar surface area (TPSA) is 59.1 Å². The molecule has 20 heavy (non-hydrogen) atoms. The van der Waals surface area contributed by atoms with Crippen molar-refractivity contribution in [1.82, 2.24) is 4.98 Å². The van der Waals surface area contributed by atoms with Crippen LogP contribution >= 0.6 is 27.5 Å².